The van der Waals surface area contributed by atoms with E-state index in [1.54, 1.807) is 6.20 Å². The lowest BCUT2D eigenvalue weighted by Crippen LogP contribution is -2.25. The number of aromatic nitrogens is 2. The van der Waals surface area contributed by atoms with Gasteiger partial charge >= 0.3 is 0 Å². The van der Waals surface area contributed by atoms with Crippen LogP contribution in [0.5, 0.6) is 0 Å². The fourth-order valence-electron chi connectivity index (χ4n) is 2.81. The van der Waals surface area contributed by atoms with Crippen molar-refractivity contribution in [1.29, 1.82) is 0 Å². The minimum atomic E-state index is -3.57. The van der Waals surface area contributed by atoms with Gasteiger partial charge in [0.05, 0.1) is 11.1 Å². The Morgan fingerprint density at radius 3 is 2.13 bits per heavy atom. The highest BCUT2D eigenvalue weighted by Gasteiger charge is 2.22. The van der Waals surface area contributed by atoms with Crippen LogP contribution in [0.3, 0.4) is 0 Å². The smallest absolute Gasteiger partial charge is 0.241 e. The molecule has 0 saturated heterocycles. The third kappa shape index (κ3) is 3.33. The van der Waals surface area contributed by atoms with Crippen LogP contribution in [0.4, 0.5) is 0 Å². The van der Waals surface area contributed by atoms with Crippen LogP contribution in [0.25, 0.3) is 0 Å². The molecule has 6 heteroatoms. The number of aryl methyl sites for hydroxylation is 3. The first-order valence-corrected chi connectivity index (χ1v) is 9.25. The fourth-order valence-corrected chi connectivity index (χ4v) is 4.42. The van der Waals surface area contributed by atoms with Crippen molar-refractivity contribution in [3.63, 3.8) is 0 Å². The lowest BCUT2D eigenvalue weighted by Gasteiger charge is -2.16. The number of hydrogen-bond donors (Lipinski definition) is 1. The number of nitrogens with one attached hydrogen (secondary N) is 1. The number of hydrogen-bond acceptors (Lipinski definition) is 3. The van der Waals surface area contributed by atoms with Gasteiger partial charge in [0.25, 0.3) is 0 Å². The molecule has 5 nitrogen and oxygen atoms in total. The second-order valence-electron chi connectivity index (χ2n) is 5.99. The molecule has 2 rings (SSSR count). The Balaban J connectivity index is 2.35. The van der Waals surface area contributed by atoms with Crippen molar-refractivity contribution in [2.24, 2.45) is 0 Å². The van der Waals surface area contributed by atoms with Crippen LogP contribution in [0, 0.1) is 34.6 Å². The molecule has 126 valence electrons. The van der Waals surface area contributed by atoms with E-state index in [4.69, 9.17) is 0 Å². The van der Waals surface area contributed by atoms with E-state index in [1.807, 2.05) is 52.3 Å². The summed E-state index contributed by atoms with van der Waals surface area (Å²) in [7, 11) is -3.57. The monoisotopic (exact) mass is 335 g/mol. The average Bonchev–Trinajstić information content (AvgIpc) is 2.83. The summed E-state index contributed by atoms with van der Waals surface area (Å²) in [5, 5.41) is 4.25. The van der Waals surface area contributed by atoms with Crippen molar-refractivity contribution >= 4 is 10.0 Å². The maximum Gasteiger partial charge on any atom is 0.241 e. The normalized spacial score (nSPS) is 11.9. The van der Waals surface area contributed by atoms with Gasteiger partial charge in [-0.3, -0.25) is 4.68 Å². The summed E-state index contributed by atoms with van der Waals surface area (Å²) < 4.78 is 30.2. The van der Waals surface area contributed by atoms with Gasteiger partial charge < -0.3 is 0 Å². The van der Waals surface area contributed by atoms with Crippen molar-refractivity contribution < 1.29 is 8.42 Å². The van der Waals surface area contributed by atoms with Crippen molar-refractivity contribution in [3.8, 4) is 0 Å². The highest BCUT2D eigenvalue weighted by atomic mass is 32.2. The Kier molecular flexibility index (Phi) is 4.96. The Bertz CT molecular complexity index is 810. The van der Waals surface area contributed by atoms with Gasteiger partial charge in [-0.15, -0.1) is 0 Å². The average molecular weight is 335 g/mol. The van der Waals surface area contributed by atoms with Gasteiger partial charge in [-0.25, -0.2) is 13.1 Å². The van der Waals surface area contributed by atoms with Gasteiger partial charge in [0.1, 0.15) is 0 Å². The highest BCUT2D eigenvalue weighted by molar-refractivity contribution is 7.89. The Morgan fingerprint density at radius 1 is 1.09 bits per heavy atom. The predicted octanol–water partition coefficient (Wildman–Crippen LogP) is 2.92. The van der Waals surface area contributed by atoms with Gasteiger partial charge in [-0.1, -0.05) is 6.07 Å². The first-order valence-electron chi connectivity index (χ1n) is 7.77. The zero-order valence-electron chi connectivity index (χ0n) is 14.7. The molecule has 0 radical (unpaired) electrons. The van der Waals surface area contributed by atoms with Crippen LogP contribution in [0.15, 0.2) is 17.2 Å². The summed E-state index contributed by atoms with van der Waals surface area (Å²) in [5.74, 6) is 0. The zero-order chi connectivity index (χ0) is 17.4. The second kappa shape index (κ2) is 6.45. The molecule has 1 N–H and O–H groups in total. The summed E-state index contributed by atoms with van der Waals surface area (Å²) in [5.41, 5.74) is 5.48. The third-order valence-electron chi connectivity index (χ3n) is 4.52. The quantitative estimate of drug-likeness (QED) is 0.914. The van der Waals surface area contributed by atoms with E-state index in [9.17, 15) is 8.42 Å². The van der Waals surface area contributed by atoms with E-state index in [-0.39, 0.29) is 6.54 Å². The first-order chi connectivity index (χ1) is 10.7. The van der Waals surface area contributed by atoms with Crippen LogP contribution in [-0.4, -0.2) is 18.2 Å². The Morgan fingerprint density at radius 2 is 1.65 bits per heavy atom. The number of rotatable bonds is 5. The molecule has 23 heavy (non-hydrogen) atoms. The largest absolute Gasteiger partial charge is 0.270 e. The van der Waals surface area contributed by atoms with Crippen molar-refractivity contribution in [2.45, 2.75) is 59.5 Å². The Hall–Kier alpha value is -1.66. The molecule has 0 atom stereocenters. The minimum Gasteiger partial charge on any atom is -0.270 e. The van der Waals surface area contributed by atoms with E-state index in [2.05, 4.69) is 9.82 Å². The van der Waals surface area contributed by atoms with Gasteiger partial charge in [0, 0.05) is 24.3 Å². The SMILES string of the molecule is CCn1ncc(CNS(=O)(=O)c2c(C)c(C)cc(C)c2C)c1C. The second-order valence-corrected chi connectivity index (χ2v) is 7.69. The molecule has 1 heterocycles. The molecular weight excluding hydrogens is 310 g/mol. The van der Waals surface area contributed by atoms with Gasteiger partial charge in [-0.05, 0) is 63.8 Å². The summed E-state index contributed by atoms with van der Waals surface area (Å²) in [6, 6.07) is 2.03. The third-order valence-corrected chi connectivity index (χ3v) is 6.20. The fraction of sp³-hybridized carbons (Fsp3) is 0.471. The molecule has 1 aromatic heterocycles. The van der Waals surface area contributed by atoms with Gasteiger partial charge in [-0.2, -0.15) is 5.10 Å². The van der Waals surface area contributed by atoms with Crippen molar-refractivity contribution in [2.75, 3.05) is 0 Å². The first kappa shape index (κ1) is 17.7. The summed E-state index contributed by atoms with van der Waals surface area (Å²) in [4.78, 5) is 0.399. The number of sulfonamides is 1. The molecule has 0 saturated carbocycles. The van der Waals surface area contributed by atoms with E-state index in [1.165, 1.54) is 0 Å². The van der Waals surface area contributed by atoms with Crippen LogP contribution in [0.2, 0.25) is 0 Å². The van der Waals surface area contributed by atoms with Crippen LogP contribution < -0.4 is 4.72 Å². The van der Waals surface area contributed by atoms with E-state index >= 15 is 0 Å². The molecule has 0 bridgehead atoms. The number of benzene rings is 1. The number of nitrogens with zero attached hydrogens (tertiary/aromatic N) is 2. The minimum absolute atomic E-state index is 0.250. The Labute approximate surface area is 138 Å². The molecule has 0 fully saturated rings. The van der Waals surface area contributed by atoms with Crippen LogP contribution >= 0.6 is 0 Å². The summed E-state index contributed by atoms with van der Waals surface area (Å²) >= 11 is 0. The highest BCUT2D eigenvalue weighted by Crippen LogP contribution is 2.26. The van der Waals surface area contributed by atoms with Crippen molar-refractivity contribution in [3.05, 3.63) is 45.8 Å². The van der Waals surface area contributed by atoms with E-state index in [0.29, 0.717) is 4.90 Å². The molecule has 0 aliphatic carbocycles. The molecule has 0 spiro atoms. The van der Waals surface area contributed by atoms with Crippen molar-refractivity contribution in [1.82, 2.24) is 14.5 Å². The zero-order valence-corrected chi connectivity index (χ0v) is 15.5. The maximum absolute atomic E-state index is 12.8. The van der Waals surface area contributed by atoms with E-state index in [0.717, 1.165) is 40.1 Å². The van der Waals surface area contributed by atoms with E-state index < -0.39 is 10.0 Å². The molecule has 1 aromatic carbocycles. The standard InChI is InChI=1S/C17H25N3O2S/c1-7-20-15(6)16(9-18-20)10-19-23(21,22)17-13(4)11(2)8-12(3)14(17)5/h8-9,19H,7,10H2,1-6H3. The predicted molar refractivity (Wildman–Crippen MR) is 92.1 cm³/mol. The lowest BCUT2D eigenvalue weighted by molar-refractivity contribution is 0.579. The van der Waals surface area contributed by atoms with Gasteiger partial charge in [0.2, 0.25) is 10.0 Å². The van der Waals surface area contributed by atoms with Gasteiger partial charge in [0.15, 0.2) is 0 Å². The molecular formula is C17H25N3O2S. The molecule has 0 unspecified atom stereocenters. The van der Waals surface area contributed by atoms with Crippen LogP contribution in [0.1, 0.15) is 40.4 Å². The molecule has 0 amide bonds. The maximum atomic E-state index is 12.8. The summed E-state index contributed by atoms with van der Waals surface area (Å²) in [6.45, 7) is 12.6. The molecule has 2 aromatic rings. The molecule has 0 aliphatic heterocycles. The molecule has 0 aliphatic rings. The summed E-state index contributed by atoms with van der Waals surface area (Å²) in [6.07, 6.45) is 1.72. The lowest BCUT2D eigenvalue weighted by atomic mass is 10.0. The topological polar surface area (TPSA) is 64.0 Å². The van der Waals surface area contributed by atoms with Crippen LogP contribution in [-0.2, 0) is 23.1 Å².